The van der Waals surface area contributed by atoms with Gasteiger partial charge in [-0.2, -0.15) is 0 Å². The third-order valence-electron chi connectivity index (χ3n) is 5.50. The van der Waals surface area contributed by atoms with Crippen molar-refractivity contribution in [2.45, 2.75) is 32.5 Å². The number of hydrogen-bond acceptors (Lipinski definition) is 5. The summed E-state index contributed by atoms with van der Waals surface area (Å²) in [6, 6.07) is 16.8. The summed E-state index contributed by atoms with van der Waals surface area (Å²) < 4.78 is 5.72. The van der Waals surface area contributed by atoms with Gasteiger partial charge in [-0.3, -0.25) is 14.5 Å². The van der Waals surface area contributed by atoms with Gasteiger partial charge in [0.05, 0.1) is 11.4 Å². The van der Waals surface area contributed by atoms with Gasteiger partial charge in [0.15, 0.2) is 12.1 Å². The molecular formula is C26H26ClN3O4S. The Bertz CT molecular complexity index is 1210. The highest BCUT2D eigenvalue weighted by atomic mass is 35.5. The Balaban J connectivity index is 1.61. The van der Waals surface area contributed by atoms with Crippen LogP contribution in [0.3, 0.4) is 0 Å². The van der Waals surface area contributed by atoms with Gasteiger partial charge in [0.1, 0.15) is 0 Å². The molecular weight excluding hydrogens is 486 g/mol. The summed E-state index contributed by atoms with van der Waals surface area (Å²) in [5, 5.41) is 8.17. The predicted octanol–water partition coefficient (Wildman–Crippen LogP) is 5.49. The maximum Gasteiger partial charge on any atom is 0.411 e. The highest BCUT2D eigenvalue weighted by Crippen LogP contribution is 2.35. The van der Waals surface area contributed by atoms with Gasteiger partial charge >= 0.3 is 6.09 Å². The van der Waals surface area contributed by atoms with Gasteiger partial charge in [-0.15, -0.1) is 11.3 Å². The van der Waals surface area contributed by atoms with Crippen molar-refractivity contribution in [3.05, 3.63) is 87.1 Å². The maximum atomic E-state index is 13.3. The Morgan fingerprint density at radius 3 is 2.63 bits per heavy atom. The lowest BCUT2D eigenvalue weighted by molar-refractivity contribution is -0.126. The molecule has 1 aliphatic heterocycles. The monoisotopic (exact) mass is 511 g/mol. The normalized spacial score (nSPS) is 17.4. The summed E-state index contributed by atoms with van der Waals surface area (Å²) in [5.74, 6) is -0.286. The van der Waals surface area contributed by atoms with Crippen LogP contribution in [0.4, 0.5) is 10.5 Å². The number of rotatable bonds is 8. The molecule has 1 fully saturated rings. The van der Waals surface area contributed by atoms with E-state index in [0.717, 1.165) is 5.56 Å². The van der Waals surface area contributed by atoms with E-state index in [0.29, 0.717) is 27.7 Å². The average molecular weight is 512 g/mol. The first kappa shape index (κ1) is 24.8. The largest absolute Gasteiger partial charge is 0.438 e. The zero-order chi connectivity index (χ0) is 24.9. The minimum atomic E-state index is -0.886. The van der Waals surface area contributed by atoms with Crippen LogP contribution in [0, 0.1) is 5.92 Å². The smallest absolute Gasteiger partial charge is 0.411 e. The van der Waals surface area contributed by atoms with Crippen LogP contribution < -0.4 is 10.6 Å². The number of carbonyl (C=O) groups is 3. The van der Waals surface area contributed by atoms with Crippen LogP contribution in [0.5, 0.6) is 0 Å². The summed E-state index contributed by atoms with van der Waals surface area (Å²) in [4.78, 5) is 40.7. The molecule has 0 bridgehead atoms. The molecule has 2 N–H and O–H groups in total. The van der Waals surface area contributed by atoms with Crippen molar-refractivity contribution in [3.8, 4) is 0 Å². The van der Waals surface area contributed by atoms with Gasteiger partial charge < -0.3 is 15.4 Å². The van der Waals surface area contributed by atoms with Gasteiger partial charge in [-0.05, 0) is 52.8 Å². The van der Waals surface area contributed by atoms with Crippen molar-refractivity contribution < 1.29 is 19.1 Å². The van der Waals surface area contributed by atoms with Gasteiger partial charge in [0.25, 0.3) is 5.91 Å². The first-order valence-electron chi connectivity index (χ1n) is 11.3. The number of thiophene rings is 1. The minimum Gasteiger partial charge on any atom is -0.438 e. The number of carbonyl (C=O) groups excluding carboxylic acids is 3. The van der Waals surface area contributed by atoms with E-state index in [9.17, 15) is 14.4 Å². The van der Waals surface area contributed by atoms with E-state index in [2.05, 4.69) is 10.6 Å². The Labute approximate surface area is 213 Å². The summed E-state index contributed by atoms with van der Waals surface area (Å²) in [5.41, 5.74) is 1.95. The van der Waals surface area contributed by atoms with E-state index < -0.39 is 18.2 Å². The van der Waals surface area contributed by atoms with Crippen LogP contribution in [0.25, 0.3) is 0 Å². The van der Waals surface area contributed by atoms with Gasteiger partial charge in [-0.25, -0.2) is 4.79 Å². The predicted molar refractivity (Wildman–Crippen MR) is 137 cm³/mol. The summed E-state index contributed by atoms with van der Waals surface area (Å²) in [6.07, 6.45) is -1.43. The SMILES string of the molecule is CC(C)CNC(=O)C1C(c2cccc(NC(=O)c3cccs3)c2)OC(=O)N1Cc1cccc(Cl)c1. The molecule has 2 heterocycles. The fourth-order valence-electron chi connectivity index (χ4n) is 3.85. The Kier molecular flexibility index (Phi) is 7.73. The molecule has 2 aromatic carbocycles. The molecule has 0 saturated carbocycles. The molecule has 1 aromatic heterocycles. The standard InChI is InChI=1S/C26H26ClN3O4S/c1-16(2)14-28-25(32)22-23(34-26(33)30(22)15-17-6-3-8-19(27)12-17)18-7-4-9-20(13-18)29-24(31)21-10-5-11-35-21/h3-13,16,22-23H,14-15H2,1-2H3,(H,28,32)(H,29,31). The fraction of sp³-hybridized carbons (Fsp3) is 0.269. The molecule has 0 spiro atoms. The highest BCUT2D eigenvalue weighted by molar-refractivity contribution is 7.12. The Hall–Kier alpha value is -3.36. The first-order chi connectivity index (χ1) is 16.8. The third kappa shape index (κ3) is 6.01. The lowest BCUT2D eigenvalue weighted by atomic mass is 10.00. The molecule has 0 aliphatic carbocycles. The van der Waals surface area contributed by atoms with Crippen molar-refractivity contribution >= 4 is 46.5 Å². The van der Waals surface area contributed by atoms with E-state index in [1.54, 1.807) is 48.5 Å². The summed E-state index contributed by atoms with van der Waals surface area (Å²) in [7, 11) is 0. The van der Waals surface area contributed by atoms with Gasteiger partial charge in [0, 0.05) is 17.3 Å². The number of benzene rings is 2. The van der Waals surface area contributed by atoms with Crippen LogP contribution in [0.1, 0.15) is 40.8 Å². The quantitative estimate of drug-likeness (QED) is 0.418. The van der Waals surface area contributed by atoms with Crippen molar-refractivity contribution in [2.24, 2.45) is 5.92 Å². The van der Waals surface area contributed by atoms with Crippen molar-refractivity contribution in [1.29, 1.82) is 0 Å². The van der Waals surface area contributed by atoms with Crippen LogP contribution in [0.15, 0.2) is 66.0 Å². The molecule has 9 heteroatoms. The Morgan fingerprint density at radius 2 is 1.91 bits per heavy atom. The second-order valence-corrected chi connectivity index (χ2v) is 10.1. The molecule has 0 radical (unpaired) electrons. The lowest BCUT2D eigenvalue weighted by Gasteiger charge is -2.25. The average Bonchev–Trinajstić information content (AvgIpc) is 3.47. The number of hydrogen-bond donors (Lipinski definition) is 2. The number of anilines is 1. The molecule has 3 amide bonds. The third-order valence-corrected chi connectivity index (χ3v) is 6.60. The zero-order valence-electron chi connectivity index (χ0n) is 19.4. The van der Waals surface area contributed by atoms with E-state index in [-0.39, 0.29) is 24.3 Å². The minimum absolute atomic E-state index is 0.171. The molecule has 182 valence electrons. The van der Waals surface area contributed by atoms with Crippen LogP contribution >= 0.6 is 22.9 Å². The van der Waals surface area contributed by atoms with E-state index in [4.69, 9.17) is 16.3 Å². The number of ether oxygens (including phenoxy) is 1. The number of nitrogens with one attached hydrogen (secondary N) is 2. The molecule has 1 saturated heterocycles. The molecule has 3 aromatic rings. The van der Waals surface area contributed by atoms with Crippen molar-refractivity contribution in [1.82, 2.24) is 10.2 Å². The number of amides is 3. The second kappa shape index (κ2) is 10.9. The Morgan fingerprint density at radius 1 is 1.11 bits per heavy atom. The van der Waals surface area contributed by atoms with Crippen molar-refractivity contribution in [2.75, 3.05) is 11.9 Å². The summed E-state index contributed by atoms with van der Waals surface area (Å²) >= 11 is 7.47. The molecule has 2 atom stereocenters. The number of halogens is 1. The second-order valence-electron chi connectivity index (χ2n) is 8.70. The molecule has 7 nitrogen and oxygen atoms in total. The molecule has 4 rings (SSSR count). The van der Waals surface area contributed by atoms with E-state index >= 15 is 0 Å². The fourth-order valence-corrected chi connectivity index (χ4v) is 4.68. The van der Waals surface area contributed by atoms with Crippen LogP contribution in [-0.4, -0.2) is 35.4 Å². The van der Waals surface area contributed by atoms with Crippen molar-refractivity contribution in [3.63, 3.8) is 0 Å². The first-order valence-corrected chi connectivity index (χ1v) is 12.5. The lowest BCUT2D eigenvalue weighted by Crippen LogP contribution is -2.47. The number of cyclic esters (lactones) is 1. The zero-order valence-corrected chi connectivity index (χ0v) is 20.9. The summed E-state index contributed by atoms with van der Waals surface area (Å²) in [6.45, 7) is 4.64. The van der Waals surface area contributed by atoms with E-state index in [1.165, 1.54) is 16.2 Å². The highest BCUT2D eigenvalue weighted by Gasteiger charge is 2.47. The molecule has 35 heavy (non-hydrogen) atoms. The van der Waals surface area contributed by atoms with Gasteiger partial charge in [-0.1, -0.05) is 55.8 Å². The van der Waals surface area contributed by atoms with Gasteiger partial charge in [0.2, 0.25) is 5.91 Å². The topological polar surface area (TPSA) is 87.7 Å². The molecule has 2 unspecified atom stereocenters. The van der Waals surface area contributed by atoms with Crippen LogP contribution in [0.2, 0.25) is 5.02 Å². The van der Waals surface area contributed by atoms with Crippen LogP contribution in [-0.2, 0) is 16.1 Å². The maximum absolute atomic E-state index is 13.3. The molecule has 1 aliphatic rings. The van der Waals surface area contributed by atoms with E-state index in [1.807, 2.05) is 31.4 Å². The number of nitrogens with zero attached hydrogens (tertiary/aromatic N) is 1.